The van der Waals surface area contributed by atoms with Gasteiger partial charge in [0, 0.05) is 13.3 Å². The highest BCUT2D eigenvalue weighted by molar-refractivity contribution is 5.80. The summed E-state index contributed by atoms with van der Waals surface area (Å²) in [5, 5.41) is 0. The molecular formula is C12H19N. The summed E-state index contributed by atoms with van der Waals surface area (Å²) in [4.78, 5) is 4.12. The van der Waals surface area contributed by atoms with E-state index in [1.54, 1.807) is 0 Å². The molecule has 0 bridgehead atoms. The fourth-order valence-corrected chi connectivity index (χ4v) is 1.82. The molecule has 0 aromatic rings. The molecule has 0 saturated carbocycles. The molecule has 0 spiro atoms. The number of hydrogen-bond donors (Lipinski definition) is 0. The van der Waals surface area contributed by atoms with Gasteiger partial charge in [0.1, 0.15) is 0 Å². The van der Waals surface area contributed by atoms with Crippen molar-refractivity contribution in [2.75, 3.05) is 7.05 Å². The van der Waals surface area contributed by atoms with E-state index in [-0.39, 0.29) is 0 Å². The van der Waals surface area contributed by atoms with Gasteiger partial charge in [0.25, 0.3) is 0 Å². The van der Waals surface area contributed by atoms with Crippen LogP contribution in [0.15, 0.2) is 28.3 Å². The van der Waals surface area contributed by atoms with Crippen LogP contribution in [0.25, 0.3) is 0 Å². The summed E-state index contributed by atoms with van der Waals surface area (Å²) in [7, 11) is 1.85. The number of hydrogen-bond acceptors (Lipinski definition) is 1. The Balaban J connectivity index is 2.84. The van der Waals surface area contributed by atoms with Crippen molar-refractivity contribution in [3.05, 3.63) is 23.3 Å². The second-order valence-electron chi connectivity index (χ2n) is 3.50. The molecule has 1 heteroatoms. The number of aliphatic imine (C=N–C) groups is 1. The van der Waals surface area contributed by atoms with Gasteiger partial charge < -0.3 is 0 Å². The first kappa shape index (κ1) is 10.2. The summed E-state index contributed by atoms with van der Waals surface area (Å²) in [6, 6.07) is 0. The SMILES string of the molecule is C/C=C\C1=C(C=NC)CCCCC1. The Labute approximate surface area is 81.3 Å². The van der Waals surface area contributed by atoms with Crippen molar-refractivity contribution < 1.29 is 0 Å². The quantitative estimate of drug-likeness (QED) is 0.572. The summed E-state index contributed by atoms with van der Waals surface area (Å²) in [5.74, 6) is 0. The molecule has 0 aliphatic heterocycles. The molecule has 0 unspecified atom stereocenters. The Hall–Kier alpha value is -0.850. The third kappa shape index (κ3) is 3.17. The molecule has 0 amide bonds. The van der Waals surface area contributed by atoms with E-state index in [1.807, 2.05) is 13.3 Å². The summed E-state index contributed by atoms with van der Waals surface area (Å²) in [5.41, 5.74) is 2.93. The van der Waals surface area contributed by atoms with Gasteiger partial charge in [-0.1, -0.05) is 18.6 Å². The zero-order chi connectivity index (χ0) is 9.52. The topological polar surface area (TPSA) is 12.4 Å². The van der Waals surface area contributed by atoms with E-state index in [2.05, 4.69) is 24.1 Å². The van der Waals surface area contributed by atoms with Crippen LogP contribution >= 0.6 is 0 Å². The van der Waals surface area contributed by atoms with Gasteiger partial charge in [0.05, 0.1) is 0 Å². The maximum absolute atomic E-state index is 4.12. The third-order valence-corrected chi connectivity index (χ3v) is 2.46. The van der Waals surface area contributed by atoms with Gasteiger partial charge in [-0.2, -0.15) is 0 Å². The fraction of sp³-hybridized carbons (Fsp3) is 0.583. The lowest BCUT2D eigenvalue weighted by atomic mass is 10.0. The van der Waals surface area contributed by atoms with Gasteiger partial charge in [-0.25, -0.2) is 0 Å². The molecular weight excluding hydrogens is 158 g/mol. The maximum atomic E-state index is 4.12. The Morgan fingerprint density at radius 2 is 1.77 bits per heavy atom. The minimum absolute atomic E-state index is 1.21. The van der Waals surface area contributed by atoms with Crippen molar-refractivity contribution in [1.29, 1.82) is 0 Å². The van der Waals surface area contributed by atoms with E-state index in [4.69, 9.17) is 0 Å². The van der Waals surface area contributed by atoms with Gasteiger partial charge in [-0.05, 0) is 43.8 Å². The first-order valence-electron chi connectivity index (χ1n) is 5.15. The molecule has 0 aromatic carbocycles. The van der Waals surface area contributed by atoms with E-state index in [9.17, 15) is 0 Å². The molecule has 0 fully saturated rings. The second-order valence-corrected chi connectivity index (χ2v) is 3.50. The van der Waals surface area contributed by atoms with Crippen LogP contribution in [-0.2, 0) is 0 Å². The van der Waals surface area contributed by atoms with Crippen LogP contribution in [0.2, 0.25) is 0 Å². The predicted molar refractivity (Wildman–Crippen MR) is 59.3 cm³/mol. The smallest absolute Gasteiger partial charge is 0.0277 e. The molecule has 1 aliphatic carbocycles. The Morgan fingerprint density at radius 1 is 1.08 bits per heavy atom. The van der Waals surface area contributed by atoms with Gasteiger partial charge in [0.15, 0.2) is 0 Å². The molecule has 0 N–H and O–H groups in total. The highest BCUT2D eigenvalue weighted by atomic mass is 14.6. The summed E-state index contributed by atoms with van der Waals surface area (Å²) in [6.45, 7) is 2.08. The lowest BCUT2D eigenvalue weighted by molar-refractivity contribution is 0.711. The zero-order valence-corrected chi connectivity index (χ0v) is 8.71. The van der Waals surface area contributed by atoms with Crippen LogP contribution < -0.4 is 0 Å². The van der Waals surface area contributed by atoms with Gasteiger partial charge in [-0.3, -0.25) is 4.99 Å². The molecule has 13 heavy (non-hydrogen) atoms. The Bertz CT molecular complexity index is 210. The number of allylic oxidation sites excluding steroid dienone is 4. The monoisotopic (exact) mass is 177 g/mol. The summed E-state index contributed by atoms with van der Waals surface area (Å²) >= 11 is 0. The molecule has 0 heterocycles. The van der Waals surface area contributed by atoms with Crippen molar-refractivity contribution in [3.8, 4) is 0 Å². The van der Waals surface area contributed by atoms with E-state index in [0.717, 1.165) is 0 Å². The van der Waals surface area contributed by atoms with Crippen LogP contribution in [-0.4, -0.2) is 13.3 Å². The highest BCUT2D eigenvalue weighted by Gasteiger charge is 2.06. The van der Waals surface area contributed by atoms with Crippen molar-refractivity contribution in [1.82, 2.24) is 0 Å². The zero-order valence-electron chi connectivity index (χ0n) is 8.71. The summed E-state index contributed by atoms with van der Waals surface area (Å²) in [6.07, 6.45) is 12.8. The average molecular weight is 177 g/mol. The number of rotatable bonds is 2. The second kappa shape index (κ2) is 5.74. The van der Waals surface area contributed by atoms with Gasteiger partial charge in [0.2, 0.25) is 0 Å². The van der Waals surface area contributed by atoms with Crippen molar-refractivity contribution in [3.63, 3.8) is 0 Å². The van der Waals surface area contributed by atoms with Crippen LogP contribution in [0.3, 0.4) is 0 Å². The maximum Gasteiger partial charge on any atom is 0.0277 e. The van der Waals surface area contributed by atoms with Crippen LogP contribution in [0.4, 0.5) is 0 Å². The molecule has 0 radical (unpaired) electrons. The molecule has 72 valence electrons. The lowest BCUT2D eigenvalue weighted by Gasteiger charge is -2.02. The molecule has 0 atom stereocenters. The molecule has 1 nitrogen and oxygen atoms in total. The minimum Gasteiger partial charge on any atom is -0.296 e. The summed E-state index contributed by atoms with van der Waals surface area (Å²) < 4.78 is 0. The van der Waals surface area contributed by atoms with Crippen molar-refractivity contribution in [2.24, 2.45) is 4.99 Å². The number of nitrogens with zero attached hydrogens (tertiary/aromatic N) is 1. The predicted octanol–water partition coefficient (Wildman–Crippen LogP) is 3.52. The third-order valence-electron chi connectivity index (χ3n) is 2.46. The van der Waals surface area contributed by atoms with Crippen molar-refractivity contribution >= 4 is 6.21 Å². The Kier molecular flexibility index (Phi) is 4.52. The van der Waals surface area contributed by atoms with E-state index in [1.165, 1.54) is 43.3 Å². The first-order chi connectivity index (χ1) is 6.38. The van der Waals surface area contributed by atoms with E-state index < -0.39 is 0 Å². The van der Waals surface area contributed by atoms with Gasteiger partial charge >= 0.3 is 0 Å². The van der Waals surface area contributed by atoms with Crippen LogP contribution in [0.5, 0.6) is 0 Å². The molecule has 1 aliphatic rings. The average Bonchev–Trinajstić information content (AvgIpc) is 2.33. The van der Waals surface area contributed by atoms with Crippen LogP contribution in [0, 0.1) is 0 Å². The van der Waals surface area contributed by atoms with Gasteiger partial charge in [-0.15, -0.1) is 0 Å². The van der Waals surface area contributed by atoms with E-state index in [0.29, 0.717) is 0 Å². The van der Waals surface area contributed by atoms with E-state index >= 15 is 0 Å². The standard InChI is InChI=1S/C12H19N/c1-3-7-11-8-5-4-6-9-12(11)10-13-2/h3,7,10H,4-6,8-9H2,1-2H3/b7-3-,13-10?. The largest absolute Gasteiger partial charge is 0.296 e. The van der Waals surface area contributed by atoms with Crippen molar-refractivity contribution in [2.45, 2.75) is 39.0 Å². The molecule has 1 rings (SSSR count). The first-order valence-corrected chi connectivity index (χ1v) is 5.15. The molecule has 0 saturated heterocycles. The lowest BCUT2D eigenvalue weighted by Crippen LogP contribution is -1.89. The van der Waals surface area contributed by atoms with Crippen LogP contribution in [0.1, 0.15) is 39.0 Å². The highest BCUT2D eigenvalue weighted by Crippen LogP contribution is 2.23. The minimum atomic E-state index is 1.21. The molecule has 0 aromatic heterocycles. The normalized spacial score (nSPS) is 20.2. The Morgan fingerprint density at radius 3 is 2.38 bits per heavy atom. The fourth-order valence-electron chi connectivity index (χ4n) is 1.82.